The molecule has 0 amide bonds. The van der Waals surface area contributed by atoms with Crippen LogP contribution in [0.25, 0.3) is 0 Å². The Bertz CT molecular complexity index is 454. The van der Waals surface area contributed by atoms with Crippen molar-refractivity contribution in [1.82, 2.24) is 4.90 Å². The SMILES string of the molecule is CCN(CC)C(C)(CC)C(=O)c1cc(F)ccc1C. The van der Waals surface area contributed by atoms with Crippen LogP contribution in [0, 0.1) is 12.7 Å². The maximum Gasteiger partial charge on any atom is 0.183 e. The molecule has 1 atom stereocenters. The zero-order valence-corrected chi connectivity index (χ0v) is 12.6. The summed E-state index contributed by atoms with van der Waals surface area (Å²) in [4.78, 5) is 15.0. The van der Waals surface area contributed by atoms with E-state index in [2.05, 4.69) is 4.90 Å². The summed E-state index contributed by atoms with van der Waals surface area (Å²) in [5.41, 5.74) is 0.761. The molecule has 0 saturated heterocycles. The van der Waals surface area contributed by atoms with Crippen molar-refractivity contribution in [2.75, 3.05) is 13.1 Å². The van der Waals surface area contributed by atoms with Crippen molar-refractivity contribution < 1.29 is 9.18 Å². The van der Waals surface area contributed by atoms with Gasteiger partial charge >= 0.3 is 0 Å². The average Bonchev–Trinajstić information content (AvgIpc) is 2.41. The Balaban J connectivity index is 3.25. The zero-order chi connectivity index (χ0) is 14.6. The van der Waals surface area contributed by atoms with Gasteiger partial charge in [-0.05, 0) is 51.1 Å². The van der Waals surface area contributed by atoms with Gasteiger partial charge in [-0.2, -0.15) is 0 Å². The molecule has 0 fully saturated rings. The van der Waals surface area contributed by atoms with Gasteiger partial charge in [-0.15, -0.1) is 0 Å². The minimum atomic E-state index is -0.567. The summed E-state index contributed by atoms with van der Waals surface area (Å²) in [7, 11) is 0. The van der Waals surface area contributed by atoms with E-state index in [-0.39, 0.29) is 11.6 Å². The van der Waals surface area contributed by atoms with Crippen molar-refractivity contribution in [2.24, 2.45) is 0 Å². The predicted molar refractivity (Wildman–Crippen MR) is 77.1 cm³/mol. The molecule has 0 aliphatic carbocycles. The lowest BCUT2D eigenvalue weighted by Crippen LogP contribution is -2.52. The molecular formula is C16H24FNO. The second kappa shape index (κ2) is 6.29. The third-order valence-electron chi connectivity index (χ3n) is 4.08. The highest BCUT2D eigenvalue weighted by atomic mass is 19.1. The molecule has 2 nitrogen and oxygen atoms in total. The molecule has 0 heterocycles. The van der Waals surface area contributed by atoms with Crippen molar-refractivity contribution >= 4 is 5.78 Å². The summed E-state index contributed by atoms with van der Waals surface area (Å²) in [6, 6.07) is 4.42. The molecule has 0 spiro atoms. The summed E-state index contributed by atoms with van der Waals surface area (Å²) in [6.07, 6.45) is 0.712. The minimum absolute atomic E-state index is 0.00991. The number of aryl methyl sites for hydroxylation is 1. The molecule has 0 N–H and O–H groups in total. The second-order valence-corrected chi connectivity index (χ2v) is 5.09. The summed E-state index contributed by atoms with van der Waals surface area (Å²) in [6.45, 7) is 11.5. The molecule has 0 radical (unpaired) electrons. The number of carbonyl (C=O) groups is 1. The highest BCUT2D eigenvalue weighted by Crippen LogP contribution is 2.26. The number of carbonyl (C=O) groups excluding carboxylic acids is 1. The van der Waals surface area contributed by atoms with E-state index in [0.29, 0.717) is 12.0 Å². The van der Waals surface area contributed by atoms with Crippen LogP contribution in [0.3, 0.4) is 0 Å². The molecule has 1 unspecified atom stereocenters. The van der Waals surface area contributed by atoms with Crippen LogP contribution in [0.5, 0.6) is 0 Å². The lowest BCUT2D eigenvalue weighted by Gasteiger charge is -2.38. The molecule has 0 bridgehead atoms. The number of halogens is 1. The quantitative estimate of drug-likeness (QED) is 0.729. The fraction of sp³-hybridized carbons (Fsp3) is 0.562. The first kappa shape index (κ1) is 15.8. The van der Waals surface area contributed by atoms with Gasteiger partial charge in [-0.1, -0.05) is 26.8 Å². The van der Waals surface area contributed by atoms with Crippen LogP contribution >= 0.6 is 0 Å². The molecule has 1 aromatic carbocycles. The molecule has 0 aromatic heterocycles. The lowest BCUT2D eigenvalue weighted by molar-refractivity contribution is 0.0606. The van der Waals surface area contributed by atoms with Crippen LogP contribution in [-0.2, 0) is 0 Å². The fourth-order valence-electron chi connectivity index (χ4n) is 2.58. The Kier molecular flexibility index (Phi) is 5.24. The number of Topliss-reactive ketones (excluding diaryl/α,β-unsaturated/α-hetero) is 1. The summed E-state index contributed by atoms with van der Waals surface area (Å²) in [5, 5.41) is 0. The minimum Gasteiger partial charge on any atom is -0.292 e. The molecule has 0 saturated carbocycles. The highest BCUT2D eigenvalue weighted by molar-refractivity contribution is 6.04. The molecular weight excluding hydrogens is 241 g/mol. The molecule has 106 valence electrons. The molecule has 0 aliphatic heterocycles. The van der Waals surface area contributed by atoms with Crippen molar-refractivity contribution in [3.05, 3.63) is 35.1 Å². The van der Waals surface area contributed by atoms with Gasteiger partial charge < -0.3 is 0 Å². The number of hydrogen-bond donors (Lipinski definition) is 0. The zero-order valence-electron chi connectivity index (χ0n) is 12.6. The van der Waals surface area contributed by atoms with Gasteiger partial charge in [-0.25, -0.2) is 4.39 Å². The normalized spacial score (nSPS) is 14.5. The molecule has 0 aliphatic rings. The van der Waals surface area contributed by atoms with Gasteiger partial charge in [0.25, 0.3) is 0 Å². The third kappa shape index (κ3) is 3.03. The first-order valence-corrected chi connectivity index (χ1v) is 6.96. The van der Waals surface area contributed by atoms with E-state index in [1.54, 1.807) is 6.07 Å². The highest BCUT2D eigenvalue weighted by Gasteiger charge is 2.37. The van der Waals surface area contributed by atoms with E-state index in [0.717, 1.165) is 18.7 Å². The Hall–Kier alpha value is -1.22. The first-order chi connectivity index (χ1) is 8.90. The number of benzene rings is 1. The lowest BCUT2D eigenvalue weighted by atomic mass is 9.85. The fourth-order valence-corrected chi connectivity index (χ4v) is 2.58. The average molecular weight is 265 g/mol. The number of hydrogen-bond acceptors (Lipinski definition) is 2. The Morgan fingerprint density at radius 2 is 1.84 bits per heavy atom. The van der Waals surface area contributed by atoms with E-state index in [1.165, 1.54) is 12.1 Å². The largest absolute Gasteiger partial charge is 0.292 e. The van der Waals surface area contributed by atoms with Crippen LogP contribution < -0.4 is 0 Å². The van der Waals surface area contributed by atoms with Crippen LogP contribution in [0.4, 0.5) is 4.39 Å². The second-order valence-electron chi connectivity index (χ2n) is 5.09. The van der Waals surface area contributed by atoms with Gasteiger partial charge in [0.2, 0.25) is 0 Å². The maximum atomic E-state index is 13.4. The van der Waals surface area contributed by atoms with Crippen LogP contribution in [0.1, 0.15) is 50.0 Å². The van der Waals surface area contributed by atoms with Gasteiger partial charge in [-0.3, -0.25) is 9.69 Å². The number of likely N-dealkylation sites (N-methyl/N-ethyl adjacent to an activating group) is 1. The van der Waals surface area contributed by atoms with Crippen LogP contribution in [-0.4, -0.2) is 29.3 Å². The van der Waals surface area contributed by atoms with Crippen LogP contribution in [0.15, 0.2) is 18.2 Å². The summed E-state index contributed by atoms with van der Waals surface area (Å²) in [5.74, 6) is -0.345. The van der Waals surface area contributed by atoms with Crippen LogP contribution in [0.2, 0.25) is 0 Å². The topological polar surface area (TPSA) is 20.3 Å². The molecule has 3 heteroatoms. The van der Waals surface area contributed by atoms with E-state index in [1.807, 2.05) is 34.6 Å². The third-order valence-corrected chi connectivity index (χ3v) is 4.08. The standard InChI is InChI=1S/C16H24FNO/c1-6-16(5,18(7-2)8-3)15(19)14-11-13(17)10-9-12(14)4/h9-11H,6-8H2,1-5H3. The smallest absolute Gasteiger partial charge is 0.183 e. The van der Waals surface area contributed by atoms with E-state index >= 15 is 0 Å². The Morgan fingerprint density at radius 1 is 1.26 bits per heavy atom. The van der Waals surface area contributed by atoms with E-state index in [4.69, 9.17) is 0 Å². The Morgan fingerprint density at radius 3 is 2.32 bits per heavy atom. The maximum absolute atomic E-state index is 13.4. The molecule has 1 aromatic rings. The summed E-state index contributed by atoms with van der Waals surface area (Å²) >= 11 is 0. The van der Waals surface area contributed by atoms with Crippen molar-refractivity contribution in [3.8, 4) is 0 Å². The van der Waals surface area contributed by atoms with E-state index < -0.39 is 5.54 Å². The van der Waals surface area contributed by atoms with Gasteiger partial charge in [0.15, 0.2) is 5.78 Å². The van der Waals surface area contributed by atoms with Gasteiger partial charge in [0, 0.05) is 5.56 Å². The van der Waals surface area contributed by atoms with Gasteiger partial charge in [0.05, 0.1) is 5.54 Å². The van der Waals surface area contributed by atoms with Crippen molar-refractivity contribution in [2.45, 2.75) is 46.6 Å². The Labute approximate surface area is 115 Å². The number of ketones is 1. The first-order valence-electron chi connectivity index (χ1n) is 6.96. The van der Waals surface area contributed by atoms with Gasteiger partial charge in [0.1, 0.15) is 5.82 Å². The van der Waals surface area contributed by atoms with Crippen molar-refractivity contribution in [1.29, 1.82) is 0 Å². The molecule has 19 heavy (non-hydrogen) atoms. The summed E-state index contributed by atoms with van der Waals surface area (Å²) < 4.78 is 13.4. The number of rotatable bonds is 6. The predicted octanol–water partition coefficient (Wildman–Crippen LogP) is 3.83. The molecule has 1 rings (SSSR count). The van der Waals surface area contributed by atoms with Crippen molar-refractivity contribution in [3.63, 3.8) is 0 Å². The monoisotopic (exact) mass is 265 g/mol. The number of nitrogens with zero attached hydrogens (tertiary/aromatic N) is 1. The van der Waals surface area contributed by atoms with E-state index in [9.17, 15) is 9.18 Å².